The van der Waals surface area contributed by atoms with E-state index in [1.165, 1.54) is 0 Å². The van der Waals surface area contributed by atoms with Gasteiger partial charge in [0.1, 0.15) is 6.04 Å². The molecule has 6 nitrogen and oxygen atoms in total. The third-order valence-electron chi connectivity index (χ3n) is 4.61. The van der Waals surface area contributed by atoms with Crippen molar-refractivity contribution in [1.29, 1.82) is 0 Å². The first-order chi connectivity index (χ1) is 10.9. The van der Waals surface area contributed by atoms with E-state index in [4.69, 9.17) is 5.73 Å². The highest BCUT2D eigenvalue weighted by Gasteiger charge is 2.42. The lowest BCUT2D eigenvalue weighted by molar-refractivity contribution is -0.125. The molecule has 2 aliphatic rings. The largest absolute Gasteiger partial charge is 0.350 e. The molecule has 1 aliphatic heterocycles. The molecule has 3 N–H and O–H groups in total. The molecule has 2 unspecified atom stereocenters. The molecule has 1 heterocycles. The molecule has 6 heteroatoms. The molecule has 0 spiro atoms. The molecule has 0 radical (unpaired) electrons. The molecule has 1 aliphatic carbocycles. The summed E-state index contributed by atoms with van der Waals surface area (Å²) in [5.41, 5.74) is 7.32. The number of carbonyl (C=O) groups excluding carboxylic acids is 3. The minimum absolute atomic E-state index is 0.0811. The Labute approximate surface area is 135 Å². The Balaban J connectivity index is 1.77. The van der Waals surface area contributed by atoms with E-state index in [0.29, 0.717) is 23.6 Å². The van der Waals surface area contributed by atoms with Gasteiger partial charge in [0, 0.05) is 12.6 Å². The summed E-state index contributed by atoms with van der Waals surface area (Å²) < 4.78 is 0. The summed E-state index contributed by atoms with van der Waals surface area (Å²) in [4.78, 5) is 38.4. The minimum atomic E-state index is -0.851. The lowest BCUT2D eigenvalue weighted by Gasteiger charge is -2.24. The van der Waals surface area contributed by atoms with Crippen LogP contribution in [0.5, 0.6) is 0 Å². The topological polar surface area (TPSA) is 92.5 Å². The van der Waals surface area contributed by atoms with Gasteiger partial charge in [0.2, 0.25) is 5.91 Å². The van der Waals surface area contributed by atoms with Gasteiger partial charge in [-0.1, -0.05) is 11.6 Å². The zero-order valence-electron chi connectivity index (χ0n) is 13.3. The van der Waals surface area contributed by atoms with Crippen LogP contribution in [-0.2, 0) is 4.79 Å². The molecule has 1 aromatic carbocycles. The summed E-state index contributed by atoms with van der Waals surface area (Å²) in [6.07, 6.45) is 2.12. The van der Waals surface area contributed by atoms with E-state index < -0.39 is 17.9 Å². The second-order valence-corrected chi connectivity index (χ2v) is 6.39. The maximum absolute atomic E-state index is 12.5. The maximum atomic E-state index is 12.5. The van der Waals surface area contributed by atoms with Crippen molar-refractivity contribution in [2.75, 3.05) is 6.54 Å². The van der Waals surface area contributed by atoms with Gasteiger partial charge in [-0.3, -0.25) is 19.3 Å². The van der Waals surface area contributed by atoms with Gasteiger partial charge in [0.25, 0.3) is 11.8 Å². The maximum Gasteiger partial charge on any atom is 0.262 e. The number of carbonyl (C=O) groups is 3. The fourth-order valence-corrected chi connectivity index (χ4v) is 3.01. The van der Waals surface area contributed by atoms with Gasteiger partial charge in [-0.25, -0.2) is 0 Å². The van der Waals surface area contributed by atoms with Gasteiger partial charge in [0.05, 0.1) is 11.1 Å². The summed E-state index contributed by atoms with van der Waals surface area (Å²) in [6.45, 7) is 3.80. The predicted molar refractivity (Wildman–Crippen MR) is 84.9 cm³/mol. The third-order valence-corrected chi connectivity index (χ3v) is 4.61. The van der Waals surface area contributed by atoms with E-state index in [1.807, 2.05) is 6.92 Å². The monoisotopic (exact) mass is 315 g/mol. The van der Waals surface area contributed by atoms with Gasteiger partial charge < -0.3 is 11.1 Å². The highest BCUT2D eigenvalue weighted by Crippen LogP contribution is 2.32. The first-order valence-corrected chi connectivity index (χ1v) is 7.93. The van der Waals surface area contributed by atoms with Crippen LogP contribution < -0.4 is 11.1 Å². The smallest absolute Gasteiger partial charge is 0.262 e. The number of aryl methyl sites for hydroxylation is 1. The quantitative estimate of drug-likeness (QED) is 0.787. The zero-order valence-corrected chi connectivity index (χ0v) is 13.3. The summed E-state index contributed by atoms with van der Waals surface area (Å²) in [7, 11) is 0. The molecule has 0 bridgehead atoms. The van der Waals surface area contributed by atoms with Crippen LogP contribution in [0.3, 0.4) is 0 Å². The SMILES string of the molecule is Cc1ccc2c(c1)C(=O)N(C(C)C(=O)NC(CN)C1CC1)C2=O. The van der Waals surface area contributed by atoms with Crippen LogP contribution in [0, 0.1) is 12.8 Å². The molecule has 122 valence electrons. The minimum Gasteiger partial charge on any atom is -0.350 e. The van der Waals surface area contributed by atoms with Crippen LogP contribution >= 0.6 is 0 Å². The van der Waals surface area contributed by atoms with Gasteiger partial charge in [-0.2, -0.15) is 0 Å². The number of hydrogen-bond acceptors (Lipinski definition) is 4. The first kappa shape index (κ1) is 15.7. The number of nitrogens with zero attached hydrogens (tertiary/aromatic N) is 1. The molecule has 1 fully saturated rings. The fraction of sp³-hybridized carbons (Fsp3) is 0.471. The molecule has 23 heavy (non-hydrogen) atoms. The number of benzene rings is 1. The Morgan fingerprint density at radius 1 is 1.30 bits per heavy atom. The molecule has 0 aromatic heterocycles. The van der Waals surface area contributed by atoms with Crippen LogP contribution in [0.25, 0.3) is 0 Å². The Morgan fingerprint density at radius 2 is 1.96 bits per heavy atom. The number of imide groups is 1. The van der Waals surface area contributed by atoms with E-state index in [0.717, 1.165) is 23.3 Å². The lowest BCUT2D eigenvalue weighted by atomic mass is 10.1. The van der Waals surface area contributed by atoms with Crippen molar-refractivity contribution in [2.24, 2.45) is 11.7 Å². The summed E-state index contributed by atoms with van der Waals surface area (Å²) in [6, 6.07) is 4.18. The summed E-state index contributed by atoms with van der Waals surface area (Å²) in [5.74, 6) is -0.741. The molecular weight excluding hydrogens is 294 g/mol. The molecule has 3 rings (SSSR count). The standard InChI is InChI=1S/C17H21N3O3/c1-9-3-6-12-13(7-9)17(23)20(16(12)22)10(2)15(21)19-14(8-18)11-4-5-11/h3,6-7,10-11,14H,4-5,8,18H2,1-2H3,(H,19,21). The van der Waals surface area contributed by atoms with Crippen molar-refractivity contribution < 1.29 is 14.4 Å². The number of rotatable bonds is 5. The zero-order chi connectivity index (χ0) is 16.7. The van der Waals surface area contributed by atoms with E-state index in [2.05, 4.69) is 5.32 Å². The summed E-state index contributed by atoms with van der Waals surface area (Å²) >= 11 is 0. The number of fused-ring (bicyclic) bond motifs is 1. The summed E-state index contributed by atoms with van der Waals surface area (Å²) in [5, 5.41) is 2.87. The second-order valence-electron chi connectivity index (χ2n) is 6.39. The Hall–Kier alpha value is -2.21. The highest BCUT2D eigenvalue weighted by molar-refractivity contribution is 6.22. The van der Waals surface area contributed by atoms with Gasteiger partial charge in [-0.15, -0.1) is 0 Å². The van der Waals surface area contributed by atoms with Crippen molar-refractivity contribution >= 4 is 17.7 Å². The van der Waals surface area contributed by atoms with Crippen molar-refractivity contribution in [2.45, 2.75) is 38.8 Å². The first-order valence-electron chi connectivity index (χ1n) is 7.93. The average molecular weight is 315 g/mol. The molecule has 2 atom stereocenters. The van der Waals surface area contributed by atoms with Crippen molar-refractivity contribution in [3.63, 3.8) is 0 Å². The van der Waals surface area contributed by atoms with E-state index >= 15 is 0 Å². The van der Waals surface area contributed by atoms with E-state index in [9.17, 15) is 14.4 Å². The van der Waals surface area contributed by atoms with Gasteiger partial charge in [-0.05, 0) is 44.7 Å². The number of amides is 3. The third kappa shape index (κ3) is 2.74. The van der Waals surface area contributed by atoms with Crippen molar-refractivity contribution in [3.05, 3.63) is 34.9 Å². The predicted octanol–water partition coefficient (Wildman–Crippen LogP) is 0.833. The second kappa shape index (κ2) is 5.77. The average Bonchev–Trinajstić information content (AvgIpc) is 3.33. The molecule has 0 saturated heterocycles. The highest BCUT2D eigenvalue weighted by atomic mass is 16.2. The van der Waals surface area contributed by atoms with Gasteiger partial charge in [0.15, 0.2) is 0 Å². The van der Waals surface area contributed by atoms with Crippen LogP contribution in [0.4, 0.5) is 0 Å². The van der Waals surface area contributed by atoms with Crippen molar-refractivity contribution in [3.8, 4) is 0 Å². The van der Waals surface area contributed by atoms with Crippen LogP contribution in [-0.4, -0.2) is 41.2 Å². The number of hydrogen-bond donors (Lipinski definition) is 2. The van der Waals surface area contributed by atoms with Crippen LogP contribution in [0.15, 0.2) is 18.2 Å². The fourth-order valence-electron chi connectivity index (χ4n) is 3.01. The van der Waals surface area contributed by atoms with Crippen LogP contribution in [0.2, 0.25) is 0 Å². The van der Waals surface area contributed by atoms with Crippen LogP contribution in [0.1, 0.15) is 46.0 Å². The molecular formula is C17H21N3O3. The normalized spacial score (nSPS) is 19.5. The Bertz CT molecular complexity index is 682. The lowest BCUT2D eigenvalue weighted by Crippen LogP contribution is -2.52. The van der Waals surface area contributed by atoms with Gasteiger partial charge >= 0.3 is 0 Å². The molecule has 3 amide bonds. The van der Waals surface area contributed by atoms with Crippen molar-refractivity contribution in [1.82, 2.24) is 10.2 Å². The molecule has 1 saturated carbocycles. The Kier molecular flexibility index (Phi) is 3.93. The Morgan fingerprint density at radius 3 is 2.57 bits per heavy atom. The number of nitrogens with one attached hydrogen (secondary N) is 1. The van der Waals surface area contributed by atoms with E-state index in [1.54, 1.807) is 25.1 Å². The molecule has 1 aromatic rings. The number of nitrogens with two attached hydrogens (primary N) is 1. The van der Waals surface area contributed by atoms with E-state index in [-0.39, 0.29) is 11.9 Å².